The van der Waals surface area contributed by atoms with E-state index in [-0.39, 0.29) is 22.0 Å². The smallest absolute Gasteiger partial charge is 0.263 e. The van der Waals surface area contributed by atoms with Crippen LogP contribution in [0.2, 0.25) is 0 Å². The number of aromatic amines is 1. The summed E-state index contributed by atoms with van der Waals surface area (Å²) in [7, 11) is -3.24. The highest BCUT2D eigenvalue weighted by atomic mass is 32.2. The molecule has 2 heterocycles. The van der Waals surface area contributed by atoms with Crippen molar-refractivity contribution in [3.63, 3.8) is 0 Å². The van der Waals surface area contributed by atoms with Gasteiger partial charge in [-0.15, -0.1) is 0 Å². The van der Waals surface area contributed by atoms with Crippen molar-refractivity contribution in [1.29, 1.82) is 0 Å². The van der Waals surface area contributed by atoms with Crippen LogP contribution in [0.4, 0.5) is 5.95 Å². The molecule has 3 aromatic rings. The molecule has 0 saturated heterocycles. The lowest BCUT2D eigenvalue weighted by molar-refractivity contribution is 0.366. The van der Waals surface area contributed by atoms with Gasteiger partial charge >= 0.3 is 0 Å². The molecular weight excluding hydrogens is 366 g/mol. The van der Waals surface area contributed by atoms with E-state index in [0.717, 1.165) is 5.56 Å². The molecule has 8 nitrogen and oxygen atoms in total. The van der Waals surface area contributed by atoms with Crippen molar-refractivity contribution in [2.75, 3.05) is 11.6 Å². The Morgan fingerprint density at radius 1 is 1.19 bits per heavy atom. The molecule has 0 bridgehead atoms. The average molecular weight is 389 g/mol. The first-order valence-electron chi connectivity index (χ1n) is 8.52. The van der Waals surface area contributed by atoms with E-state index in [1.165, 1.54) is 12.5 Å². The normalized spacial score (nSPS) is 13.7. The van der Waals surface area contributed by atoms with Crippen LogP contribution in [0.5, 0.6) is 0 Å². The van der Waals surface area contributed by atoms with Gasteiger partial charge in [-0.1, -0.05) is 12.1 Å². The van der Waals surface area contributed by atoms with Crippen molar-refractivity contribution in [2.45, 2.75) is 44.2 Å². The Morgan fingerprint density at radius 2 is 1.81 bits per heavy atom. The summed E-state index contributed by atoms with van der Waals surface area (Å²) in [5.41, 5.74) is 0.799. The fraction of sp³-hybridized carbons (Fsp3) is 0.389. The van der Waals surface area contributed by atoms with Crippen molar-refractivity contribution >= 4 is 26.8 Å². The summed E-state index contributed by atoms with van der Waals surface area (Å²) in [4.78, 5) is 19.9. The molecular formula is C18H23N5O3S. The zero-order valence-electron chi connectivity index (χ0n) is 15.9. The Bertz CT molecular complexity index is 1140. The third-order valence-corrected chi connectivity index (χ3v) is 5.36. The van der Waals surface area contributed by atoms with Crippen LogP contribution < -0.4 is 10.9 Å². The molecule has 27 heavy (non-hydrogen) atoms. The van der Waals surface area contributed by atoms with Crippen LogP contribution in [0, 0.1) is 0 Å². The average Bonchev–Trinajstić information content (AvgIpc) is 2.99. The number of rotatable bonds is 4. The summed E-state index contributed by atoms with van der Waals surface area (Å²) >= 11 is 0. The maximum atomic E-state index is 12.4. The van der Waals surface area contributed by atoms with Crippen LogP contribution >= 0.6 is 0 Å². The first-order chi connectivity index (χ1) is 12.5. The molecule has 9 heteroatoms. The fourth-order valence-electron chi connectivity index (χ4n) is 2.77. The zero-order valence-corrected chi connectivity index (χ0v) is 16.8. The maximum Gasteiger partial charge on any atom is 0.263 e. The van der Waals surface area contributed by atoms with E-state index >= 15 is 0 Å². The molecule has 1 atom stereocenters. The number of fused-ring (bicyclic) bond motifs is 1. The minimum absolute atomic E-state index is 0.190. The van der Waals surface area contributed by atoms with Gasteiger partial charge in [-0.05, 0) is 45.4 Å². The first kappa shape index (κ1) is 19.1. The summed E-state index contributed by atoms with van der Waals surface area (Å²) in [6, 6.07) is 6.42. The van der Waals surface area contributed by atoms with E-state index in [9.17, 15) is 13.2 Å². The Labute approximate surface area is 157 Å². The summed E-state index contributed by atoms with van der Waals surface area (Å²) in [6.07, 6.45) is 2.69. The number of aromatic nitrogens is 4. The maximum absolute atomic E-state index is 12.4. The fourth-order valence-corrected chi connectivity index (χ4v) is 3.40. The van der Waals surface area contributed by atoms with Gasteiger partial charge in [0.25, 0.3) is 5.56 Å². The van der Waals surface area contributed by atoms with Gasteiger partial charge in [-0.25, -0.2) is 13.1 Å². The van der Waals surface area contributed by atoms with Crippen LogP contribution in [-0.4, -0.2) is 34.4 Å². The van der Waals surface area contributed by atoms with Crippen LogP contribution in [-0.2, 0) is 15.4 Å². The highest BCUT2D eigenvalue weighted by Gasteiger charge is 2.20. The van der Waals surface area contributed by atoms with Crippen LogP contribution in [0.15, 0.2) is 40.2 Å². The van der Waals surface area contributed by atoms with E-state index in [1.54, 1.807) is 28.9 Å². The summed E-state index contributed by atoms with van der Waals surface area (Å²) < 4.78 is 24.9. The molecule has 0 aliphatic heterocycles. The number of H-pyrrole nitrogens is 1. The zero-order chi connectivity index (χ0) is 20.0. The van der Waals surface area contributed by atoms with E-state index in [4.69, 9.17) is 0 Å². The number of hydrogen-bond acceptors (Lipinski definition) is 6. The minimum atomic E-state index is -3.24. The monoisotopic (exact) mass is 389 g/mol. The lowest BCUT2D eigenvalue weighted by Gasteiger charge is -2.20. The van der Waals surface area contributed by atoms with Gasteiger partial charge in [-0.2, -0.15) is 10.1 Å². The molecule has 144 valence electrons. The minimum Gasteiger partial charge on any atom is -0.349 e. The molecule has 0 amide bonds. The van der Waals surface area contributed by atoms with Gasteiger partial charge in [-0.3, -0.25) is 9.78 Å². The van der Waals surface area contributed by atoms with Gasteiger partial charge in [0, 0.05) is 6.26 Å². The van der Waals surface area contributed by atoms with Crippen molar-refractivity contribution in [3.8, 4) is 0 Å². The highest BCUT2D eigenvalue weighted by Crippen LogP contribution is 2.21. The second-order valence-electron chi connectivity index (χ2n) is 7.59. The molecule has 3 rings (SSSR count). The predicted octanol–water partition coefficient (Wildman–Crippen LogP) is 2.45. The second-order valence-corrected chi connectivity index (χ2v) is 9.60. The lowest BCUT2D eigenvalue weighted by atomic mass is 10.1. The third-order valence-electron chi connectivity index (χ3n) is 4.23. The Morgan fingerprint density at radius 3 is 2.37 bits per heavy atom. The molecule has 0 spiro atoms. The van der Waals surface area contributed by atoms with Crippen LogP contribution in [0.25, 0.3) is 11.0 Å². The molecule has 1 aromatic carbocycles. The number of nitrogens with one attached hydrogen (secondary N) is 2. The molecule has 2 aromatic heterocycles. The van der Waals surface area contributed by atoms with E-state index in [1.807, 2.05) is 27.7 Å². The van der Waals surface area contributed by atoms with Crippen molar-refractivity contribution in [3.05, 3.63) is 46.4 Å². The molecule has 0 radical (unpaired) electrons. The van der Waals surface area contributed by atoms with Gasteiger partial charge in [0.15, 0.2) is 15.5 Å². The number of nitrogens with zero attached hydrogens (tertiary/aromatic N) is 3. The lowest BCUT2D eigenvalue weighted by Crippen LogP contribution is -2.24. The first-order valence-corrected chi connectivity index (χ1v) is 10.4. The highest BCUT2D eigenvalue weighted by molar-refractivity contribution is 7.90. The van der Waals surface area contributed by atoms with E-state index < -0.39 is 9.84 Å². The molecule has 0 saturated carbocycles. The number of anilines is 1. The van der Waals surface area contributed by atoms with Crippen LogP contribution in [0.1, 0.15) is 39.3 Å². The molecule has 0 aliphatic carbocycles. The number of hydrogen-bond donors (Lipinski definition) is 2. The largest absolute Gasteiger partial charge is 0.349 e. The summed E-state index contributed by atoms with van der Waals surface area (Å²) in [6.45, 7) is 7.87. The Balaban J connectivity index is 1.93. The van der Waals surface area contributed by atoms with Crippen LogP contribution in [0.3, 0.4) is 0 Å². The predicted molar refractivity (Wildman–Crippen MR) is 105 cm³/mol. The Kier molecular flexibility index (Phi) is 4.59. The quantitative estimate of drug-likeness (QED) is 0.709. The van der Waals surface area contributed by atoms with E-state index in [2.05, 4.69) is 20.4 Å². The molecule has 0 aliphatic rings. The Hall–Kier alpha value is -2.68. The van der Waals surface area contributed by atoms with Gasteiger partial charge < -0.3 is 5.32 Å². The number of benzene rings is 1. The third kappa shape index (κ3) is 3.87. The topological polar surface area (TPSA) is 110 Å². The molecule has 1 unspecified atom stereocenters. The van der Waals surface area contributed by atoms with Crippen molar-refractivity contribution in [2.24, 2.45) is 0 Å². The number of sulfone groups is 1. The van der Waals surface area contributed by atoms with Crippen molar-refractivity contribution in [1.82, 2.24) is 19.7 Å². The van der Waals surface area contributed by atoms with Gasteiger partial charge in [0.1, 0.15) is 5.39 Å². The van der Waals surface area contributed by atoms with Gasteiger partial charge in [0.2, 0.25) is 5.95 Å². The van der Waals surface area contributed by atoms with Crippen molar-refractivity contribution < 1.29 is 8.42 Å². The summed E-state index contributed by atoms with van der Waals surface area (Å²) in [5, 5.41) is 7.88. The molecule has 0 fully saturated rings. The standard InChI is InChI=1S/C18H23N5O3S/c1-11(12-6-8-13(9-7-12)27(5,25)26)20-17-21-15-14(16(24)22-17)10-19-23(15)18(2,3)4/h6-11H,1-5H3,(H2,20,21,22,24). The molecule has 2 N–H and O–H groups in total. The van der Waals surface area contributed by atoms with Gasteiger partial charge in [0.05, 0.1) is 22.7 Å². The SMILES string of the molecule is CC(Nc1nc2c(cnn2C(C)(C)C)c(=O)[nH]1)c1ccc(S(C)(=O)=O)cc1. The second kappa shape index (κ2) is 6.49. The van der Waals surface area contributed by atoms with E-state index in [0.29, 0.717) is 17.0 Å². The summed E-state index contributed by atoms with van der Waals surface area (Å²) in [5.74, 6) is 0.332.